The Kier molecular flexibility index (Phi) is 5.60. The number of nitrogens with zero attached hydrogens (tertiary/aromatic N) is 1. The van der Waals surface area contributed by atoms with Gasteiger partial charge in [-0.15, -0.1) is 0 Å². The molecule has 4 rings (SSSR count). The summed E-state index contributed by atoms with van der Waals surface area (Å²) >= 11 is 0. The van der Waals surface area contributed by atoms with Crippen molar-refractivity contribution in [1.29, 1.82) is 0 Å². The van der Waals surface area contributed by atoms with E-state index in [9.17, 15) is 9.59 Å². The Morgan fingerprint density at radius 2 is 1.90 bits per heavy atom. The van der Waals surface area contributed by atoms with Crippen LogP contribution in [0.15, 0.2) is 54.6 Å². The highest BCUT2D eigenvalue weighted by Gasteiger charge is 2.40. The highest BCUT2D eigenvalue weighted by Crippen LogP contribution is 2.32. The number of fused-ring (bicyclic) bond motifs is 1. The molecule has 2 aliphatic rings. The zero-order valence-electron chi connectivity index (χ0n) is 16.4. The summed E-state index contributed by atoms with van der Waals surface area (Å²) in [5.41, 5.74) is 3.69. The predicted molar refractivity (Wildman–Crippen MR) is 112 cm³/mol. The molecule has 0 saturated carbocycles. The summed E-state index contributed by atoms with van der Waals surface area (Å²) in [7, 11) is 0. The van der Waals surface area contributed by atoms with E-state index in [1.165, 1.54) is 11.6 Å². The summed E-state index contributed by atoms with van der Waals surface area (Å²) in [6, 6.07) is 16.2. The lowest BCUT2D eigenvalue weighted by Crippen LogP contribution is -2.58. The van der Waals surface area contributed by atoms with Gasteiger partial charge in [0.1, 0.15) is 6.61 Å². The van der Waals surface area contributed by atoms with Crippen molar-refractivity contribution in [3.8, 4) is 0 Å². The molecule has 0 atom stereocenters. The lowest BCUT2D eigenvalue weighted by atomic mass is 9.77. The topological polar surface area (TPSA) is 69.6 Å². The molecule has 2 aromatic rings. The number of carbonyl (C=O) groups excluding carboxylic acids is 2. The Morgan fingerprint density at radius 1 is 1.14 bits per heavy atom. The molecule has 5 heteroatoms. The van der Waals surface area contributed by atoms with Crippen LogP contribution in [-0.4, -0.2) is 46.9 Å². The molecular weight excluding hydrogens is 364 g/mol. The van der Waals surface area contributed by atoms with Gasteiger partial charge in [-0.25, -0.2) is 0 Å². The maximum Gasteiger partial charge on any atom is 0.252 e. The van der Waals surface area contributed by atoms with Crippen LogP contribution in [0, 0.1) is 0 Å². The molecule has 1 amide bonds. The quantitative estimate of drug-likeness (QED) is 0.770. The average Bonchev–Trinajstić information content (AvgIpc) is 2.75. The molecule has 2 aliphatic heterocycles. The Morgan fingerprint density at radius 3 is 2.62 bits per heavy atom. The fourth-order valence-corrected chi connectivity index (χ4v) is 4.30. The number of benzene rings is 2. The molecular formula is C24H26N2O3. The smallest absolute Gasteiger partial charge is 0.252 e. The molecule has 0 aromatic heterocycles. The van der Waals surface area contributed by atoms with Crippen LogP contribution in [-0.2, 0) is 17.8 Å². The normalized spacial score (nSPS) is 18.6. The monoisotopic (exact) mass is 390 g/mol. The molecule has 0 unspecified atom stereocenters. The van der Waals surface area contributed by atoms with Crippen molar-refractivity contribution in [2.45, 2.75) is 31.3 Å². The second-order valence-corrected chi connectivity index (χ2v) is 8.05. The van der Waals surface area contributed by atoms with Gasteiger partial charge in [0, 0.05) is 30.7 Å². The fraction of sp³-hybridized carbons (Fsp3) is 0.333. The van der Waals surface area contributed by atoms with Gasteiger partial charge in [-0.2, -0.15) is 0 Å². The van der Waals surface area contributed by atoms with Gasteiger partial charge < -0.3 is 10.4 Å². The SMILES string of the molecule is O=C(/C=C/c1ccc2c(c1)C(=O)NC1(CCN(Cc3ccccc3)CC1)C2)CO. The van der Waals surface area contributed by atoms with E-state index in [1.807, 2.05) is 24.3 Å². The van der Waals surface area contributed by atoms with E-state index in [2.05, 4.69) is 34.5 Å². The van der Waals surface area contributed by atoms with E-state index in [1.54, 1.807) is 6.08 Å². The zero-order chi connectivity index (χ0) is 20.3. The Bertz CT molecular complexity index is 928. The van der Waals surface area contributed by atoms with E-state index in [4.69, 9.17) is 5.11 Å². The maximum atomic E-state index is 12.8. The molecule has 150 valence electrons. The third-order valence-electron chi connectivity index (χ3n) is 5.97. The molecule has 0 bridgehead atoms. The fourth-order valence-electron chi connectivity index (χ4n) is 4.30. The Balaban J connectivity index is 1.43. The van der Waals surface area contributed by atoms with Crippen molar-refractivity contribution >= 4 is 17.8 Å². The first kappa shape index (κ1) is 19.6. The number of nitrogens with one attached hydrogen (secondary N) is 1. The number of rotatable bonds is 5. The molecule has 1 saturated heterocycles. The minimum atomic E-state index is -0.508. The number of hydrogen-bond acceptors (Lipinski definition) is 4. The van der Waals surface area contributed by atoms with E-state index in [-0.39, 0.29) is 17.2 Å². The van der Waals surface area contributed by atoms with Crippen LogP contribution in [0.3, 0.4) is 0 Å². The van der Waals surface area contributed by atoms with Crippen molar-refractivity contribution < 1.29 is 14.7 Å². The number of carbonyl (C=O) groups is 2. The standard InChI is InChI=1S/C24H26N2O3/c27-17-21(28)9-7-18-6-8-20-15-24(25-23(29)22(20)14-18)10-12-26(13-11-24)16-19-4-2-1-3-5-19/h1-9,14,27H,10-13,15-17H2,(H,25,29)/b9-7+. The third-order valence-corrected chi connectivity index (χ3v) is 5.97. The van der Waals surface area contributed by atoms with Crippen LogP contribution in [0.5, 0.6) is 0 Å². The van der Waals surface area contributed by atoms with Gasteiger partial charge in [0.15, 0.2) is 5.78 Å². The average molecular weight is 390 g/mol. The lowest BCUT2D eigenvalue weighted by molar-refractivity contribution is -0.117. The molecule has 29 heavy (non-hydrogen) atoms. The predicted octanol–water partition coefficient (Wildman–Crippen LogP) is 2.58. The van der Waals surface area contributed by atoms with E-state index in [0.717, 1.165) is 50.0 Å². The highest BCUT2D eigenvalue weighted by atomic mass is 16.3. The minimum absolute atomic E-state index is 0.0357. The molecule has 0 aliphatic carbocycles. The van der Waals surface area contributed by atoms with Crippen molar-refractivity contribution in [2.24, 2.45) is 0 Å². The summed E-state index contributed by atoms with van der Waals surface area (Å²) in [6.07, 6.45) is 5.70. The molecule has 5 nitrogen and oxygen atoms in total. The first-order chi connectivity index (χ1) is 14.1. The van der Waals surface area contributed by atoms with Crippen LogP contribution in [0.2, 0.25) is 0 Å². The number of hydrogen-bond donors (Lipinski definition) is 2. The van der Waals surface area contributed by atoms with Crippen molar-refractivity contribution in [3.63, 3.8) is 0 Å². The molecule has 1 fully saturated rings. The zero-order valence-corrected chi connectivity index (χ0v) is 16.4. The van der Waals surface area contributed by atoms with Crippen LogP contribution >= 0.6 is 0 Å². The van der Waals surface area contributed by atoms with Crippen molar-refractivity contribution in [2.75, 3.05) is 19.7 Å². The Labute approximate surface area is 171 Å². The number of likely N-dealkylation sites (tertiary alicyclic amines) is 1. The van der Waals surface area contributed by atoms with E-state index < -0.39 is 6.61 Å². The Hall–Kier alpha value is -2.76. The second-order valence-electron chi connectivity index (χ2n) is 8.05. The number of piperidine rings is 1. The molecule has 0 radical (unpaired) electrons. The van der Waals surface area contributed by atoms with Crippen molar-refractivity contribution in [3.05, 3.63) is 76.9 Å². The number of amides is 1. The van der Waals surface area contributed by atoms with Gasteiger partial charge in [-0.3, -0.25) is 14.5 Å². The number of aliphatic hydroxyl groups excluding tert-OH is 1. The first-order valence-corrected chi connectivity index (χ1v) is 10.1. The molecule has 2 heterocycles. The summed E-state index contributed by atoms with van der Waals surface area (Å²) in [5.74, 6) is -0.389. The largest absolute Gasteiger partial charge is 0.388 e. The summed E-state index contributed by atoms with van der Waals surface area (Å²) in [5, 5.41) is 12.1. The van der Waals surface area contributed by atoms with E-state index >= 15 is 0 Å². The lowest BCUT2D eigenvalue weighted by Gasteiger charge is -2.45. The van der Waals surface area contributed by atoms with Gasteiger partial charge >= 0.3 is 0 Å². The van der Waals surface area contributed by atoms with Crippen LogP contribution in [0.4, 0.5) is 0 Å². The third kappa shape index (κ3) is 4.47. The van der Waals surface area contributed by atoms with E-state index in [0.29, 0.717) is 5.56 Å². The van der Waals surface area contributed by atoms with Crippen molar-refractivity contribution in [1.82, 2.24) is 10.2 Å². The highest BCUT2D eigenvalue weighted by molar-refractivity contribution is 5.99. The van der Waals surface area contributed by atoms with Gasteiger partial charge in [0.25, 0.3) is 5.91 Å². The molecule has 1 spiro atoms. The first-order valence-electron chi connectivity index (χ1n) is 10.1. The second kappa shape index (κ2) is 8.31. The van der Waals surface area contributed by atoms with Gasteiger partial charge in [-0.05, 0) is 48.1 Å². The maximum absolute atomic E-state index is 12.8. The van der Waals surface area contributed by atoms with Crippen LogP contribution in [0.25, 0.3) is 6.08 Å². The molecule has 2 N–H and O–H groups in total. The summed E-state index contributed by atoms with van der Waals surface area (Å²) in [4.78, 5) is 26.5. The van der Waals surface area contributed by atoms with Gasteiger partial charge in [-0.1, -0.05) is 48.5 Å². The van der Waals surface area contributed by atoms with Gasteiger partial charge in [0.2, 0.25) is 0 Å². The molecule has 2 aromatic carbocycles. The van der Waals surface area contributed by atoms with Crippen LogP contribution < -0.4 is 5.32 Å². The van der Waals surface area contributed by atoms with Gasteiger partial charge in [0.05, 0.1) is 0 Å². The summed E-state index contributed by atoms with van der Waals surface area (Å²) < 4.78 is 0. The number of ketones is 1. The number of aliphatic hydroxyl groups is 1. The summed E-state index contributed by atoms with van der Waals surface area (Å²) in [6.45, 7) is 2.37. The van der Waals surface area contributed by atoms with Crippen LogP contribution in [0.1, 0.15) is 39.9 Å². The minimum Gasteiger partial charge on any atom is -0.388 e.